The molecular weight excluding hydrogens is 615 g/mol. The Kier molecular flexibility index (Phi) is 11.1. The largest absolute Gasteiger partial charge is 0.492 e. The number of nitrogens with one attached hydrogen (secondary N) is 1. The SMILES string of the molecule is Cn1cnc(S(=O)(=O)NCCOc2ccc3c(c2)C(Cc2cc(F)cc(Cl)c2)C(N2CCC2)CC3)c1.O=C(O)/C=C/C(=O)O. The first-order valence-corrected chi connectivity index (χ1v) is 15.8. The first-order chi connectivity index (χ1) is 20.9. The third-order valence-electron chi connectivity index (χ3n) is 7.42. The van der Waals surface area contributed by atoms with Gasteiger partial charge in [-0.3, -0.25) is 4.90 Å². The molecule has 1 aliphatic heterocycles. The van der Waals surface area contributed by atoms with E-state index in [1.54, 1.807) is 17.7 Å². The minimum atomic E-state index is -3.68. The van der Waals surface area contributed by atoms with Gasteiger partial charge in [-0.2, -0.15) is 0 Å². The summed E-state index contributed by atoms with van der Waals surface area (Å²) in [4.78, 5) is 25.5. The van der Waals surface area contributed by atoms with Crippen molar-refractivity contribution in [2.75, 3.05) is 26.2 Å². The lowest BCUT2D eigenvalue weighted by atomic mass is 9.75. The zero-order chi connectivity index (χ0) is 31.9. The summed E-state index contributed by atoms with van der Waals surface area (Å²) in [5, 5.41) is 16.0. The molecule has 1 fully saturated rings. The molecule has 44 heavy (non-hydrogen) atoms. The number of nitrogens with zero attached hydrogens (tertiary/aromatic N) is 3. The van der Waals surface area contributed by atoms with Crippen molar-refractivity contribution in [2.45, 2.75) is 42.7 Å². The lowest BCUT2D eigenvalue weighted by Gasteiger charge is -2.45. The average Bonchev–Trinajstić information content (AvgIpc) is 3.37. The van der Waals surface area contributed by atoms with E-state index in [0.29, 0.717) is 35.4 Å². The van der Waals surface area contributed by atoms with E-state index in [0.717, 1.165) is 31.5 Å². The number of sulfonamides is 1. The van der Waals surface area contributed by atoms with Crippen molar-refractivity contribution < 1.29 is 37.3 Å². The van der Waals surface area contributed by atoms with Crippen LogP contribution in [0.4, 0.5) is 4.39 Å². The minimum Gasteiger partial charge on any atom is -0.492 e. The number of halogens is 2. The molecule has 2 atom stereocenters. The zero-order valence-corrected chi connectivity index (χ0v) is 25.6. The Morgan fingerprint density at radius 3 is 2.48 bits per heavy atom. The third kappa shape index (κ3) is 9.11. The Hall–Kier alpha value is -3.78. The Balaban J connectivity index is 0.000000488. The molecule has 0 radical (unpaired) electrons. The number of aromatic nitrogens is 2. The Morgan fingerprint density at radius 1 is 1.16 bits per heavy atom. The van der Waals surface area contributed by atoms with E-state index in [-0.39, 0.29) is 29.9 Å². The van der Waals surface area contributed by atoms with Crippen LogP contribution in [0.2, 0.25) is 5.02 Å². The lowest BCUT2D eigenvalue weighted by molar-refractivity contribution is -0.134. The van der Waals surface area contributed by atoms with Gasteiger partial charge in [0.15, 0.2) is 5.03 Å². The van der Waals surface area contributed by atoms with Crippen molar-refractivity contribution >= 4 is 33.6 Å². The van der Waals surface area contributed by atoms with Gasteiger partial charge < -0.3 is 19.5 Å². The molecule has 11 nitrogen and oxygen atoms in total. The maximum absolute atomic E-state index is 14.1. The van der Waals surface area contributed by atoms with Gasteiger partial charge in [-0.05, 0) is 85.8 Å². The van der Waals surface area contributed by atoms with E-state index in [4.69, 9.17) is 26.6 Å². The summed E-state index contributed by atoms with van der Waals surface area (Å²) >= 11 is 6.15. The summed E-state index contributed by atoms with van der Waals surface area (Å²) < 4.78 is 48.8. The summed E-state index contributed by atoms with van der Waals surface area (Å²) in [5.74, 6) is -1.95. The molecule has 3 aromatic rings. The van der Waals surface area contributed by atoms with E-state index in [1.807, 2.05) is 12.1 Å². The van der Waals surface area contributed by atoms with Crippen LogP contribution in [0.25, 0.3) is 0 Å². The summed E-state index contributed by atoms with van der Waals surface area (Å²) in [6.07, 6.45) is 7.97. The maximum atomic E-state index is 14.1. The van der Waals surface area contributed by atoms with Crippen LogP contribution in [0.5, 0.6) is 5.75 Å². The fraction of sp³-hybridized carbons (Fsp3) is 0.367. The highest BCUT2D eigenvalue weighted by atomic mass is 35.5. The van der Waals surface area contributed by atoms with Crippen LogP contribution in [0.1, 0.15) is 35.4 Å². The van der Waals surface area contributed by atoms with Crippen molar-refractivity contribution in [1.29, 1.82) is 0 Å². The number of hydrogen-bond donors (Lipinski definition) is 3. The molecule has 2 aromatic carbocycles. The van der Waals surface area contributed by atoms with Crippen LogP contribution >= 0.6 is 11.6 Å². The molecule has 2 aliphatic rings. The molecule has 236 valence electrons. The molecule has 2 unspecified atom stereocenters. The molecule has 3 N–H and O–H groups in total. The highest BCUT2D eigenvalue weighted by Crippen LogP contribution is 2.40. The van der Waals surface area contributed by atoms with E-state index in [2.05, 4.69) is 26.7 Å². The van der Waals surface area contributed by atoms with Crippen molar-refractivity contribution in [3.8, 4) is 5.75 Å². The topological polar surface area (TPSA) is 151 Å². The minimum absolute atomic E-state index is 0.0175. The van der Waals surface area contributed by atoms with Gasteiger partial charge in [-0.1, -0.05) is 17.7 Å². The maximum Gasteiger partial charge on any atom is 0.328 e. The normalized spacial score (nSPS) is 18.2. The van der Waals surface area contributed by atoms with Crippen molar-refractivity contribution in [3.63, 3.8) is 0 Å². The Bertz CT molecular complexity index is 1590. The van der Waals surface area contributed by atoms with Crippen LogP contribution < -0.4 is 9.46 Å². The second kappa shape index (κ2) is 14.8. The van der Waals surface area contributed by atoms with Gasteiger partial charge in [0.1, 0.15) is 18.2 Å². The molecule has 1 aromatic heterocycles. The van der Waals surface area contributed by atoms with Crippen LogP contribution in [0.15, 0.2) is 66.1 Å². The highest BCUT2D eigenvalue weighted by molar-refractivity contribution is 7.89. The van der Waals surface area contributed by atoms with E-state index >= 15 is 0 Å². The number of imidazole rings is 1. The number of aryl methyl sites for hydroxylation is 2. The number of carbonyl (C=O) groups is 2. The number of likely N-dealkylation sites (tertiary alicyclic amines) is 1. The third-order valence-corrected chi connectivity index (χ3v) is 8.98. The van der Waals surface area contributed by atoms with E-state index in [1.165, 1.54) is 36.1 Å². The quantitative estimate of drug-likeness (QED) is 0.209. The number of carboxylic acids is 2. The molecular formula is C30H34ClFN4O7S. The average molecular weight is 649 g/mol. The fourth-order valence-corrected chi connectivity index (χ4v) is 6.61. The fourth-order valence-electron chi connectivity index (χ4n) is 5.37. The lowest BCUT2D eigenvalue weighted by Crippen LogP contribution is -2.49. The monoisotopic (exact) mass is 648 g/mol. The van der Waals surface area contributed by atoms with E-state index < -0.39 is 22.0 Å². The molecule has 0 amide bonds. The summed E-state index contributed by atoms with van der Waals surface area (Å²) in [7, 11) is -1.96. The summed E-state index contributed by atoms with van der Waals surface area (Å²) in [6.45, 7) is 2.49. The predicted octanol–water partition coefficient (Wildman–Crippen LogP) is 3.63. The predicted molar refractivity (Wildman–Crippen MR) is 161 cm³/mol. The molecule has 0 bridgehead atoms. The first kappa shape index (κ1) is 33.1. The second-order valence-corrected chi connectivity index (χ2v) is 12.7. The number of rotatable bonds is 11. The summed E-state index contributed by atoms with van der Waals surface area (Å²) in [5.41, 5.74) is 3.38. The highest BCUT2D eigenvalue weighted by Gasteiger charge is 2.36. The van der Waals surface area contributed by atoms with Gasteiger partial charge in [0.25, 0.3) is 10.0 Å². The number of aliphatic carboxylic acids is 2. The van der Waals surface area contributed by atoms with Crippen LogP contribution in [0, 0.1) is 5.82 Å². The first-order valence-electron chi connectivity index (χ1n) is 14.0. The zero-order valence-electron chi connectivity index (χ0n) is 24.0. The van der Waals surface area contributed by atoms with Gasteiger partial charge in [-0.15, -0.1) is 0 Å². The van der Waals surface area contributed by atoms with Crippen LogP contribution in [-0.2, 0) is 39.5 Å². The molecule has 1 saturated heterocycles. The second-order valence-electron chi connectivity index (χ2n) is 10.6. The van der Waals surface area contributed by atoms with Crippen LogP contribution in [-0.4, -0.2) is 77.3 Å². The van der Waals surface area contributed by atoms with Crippen molar-refractivity contribution in [3.05, 3.63) is 88.6 Å². The standard InChI is InChI=1S/C26H30ClFN4O3S.C4H4O4/c1-31-16-26(29-17-31)36(33,34)30-7-10-35-22-5-3-19-4-6-25(32-8-2-9-32)24(23(19)15-22)13-18-11-20(27)14-21(28)12-18;5-3(6)1-2-4(7)8/h3,5,11-12,14-17,24-25,30H,2,4,6-10,13H2,1H3;1-2H,(H,5,6)(H,7,8)/b;2-1+. The molecule has 0 saturated carbocycles. The molecule has 5 rings (SSSR count). The number of carboxylic acid groups (broad SMARTS) is 2. The van der Waals surface area contributed by atoms with E-state index in [9.17, 15) is 22.4 Å². The number of ether oxygens (including phenoxy) is 1. The Labute approximate surface area is 260 Å². The number of benzene rings is 2. The molecule has 1 aliphatic carbocycles. The van der Waals surface area contributed by atoms with Gasteiger partial charge in [0.2, 0.25) is 0 Å². The van der Waals surface area contributed by atoms with Crippen LogP contribution in [0.3, 0.4) is 0 Å². The van der Waals surface area contributed by atoms with Crippen molar-refractivity contribution in [2.24, 2.45) is 7.05 Å². The van der Waals surface area contributed by atoms with Gasteiger partial charge in [-0.25, -0.2) is 32.1 Å². The smallest absolute Gasteiger partial charge is 0.328 e. The molecule has 0 spiro atoms. The number of fused-ring (bicyclic) bond motifs is 1. The Morgan fingerprint density at radius 2 is 1.89 bits per heavy atom. The molecule has 2 heterocycles. The molecule has 14 heteroatoms. The number of hydrogen-bond acceptors (Lipinski definition) is 7. The summed E-state index contributed by atoms with van der Waals surface area (Å²) in [6, 6.07) is 11.2. The van der Waals surface area contributed by atoms with Crippen molar-refractivity contribution in [1.82, 2.24) is 19.2 Å². The van der Waals surface area contributed by atoms with Gasteiger partial charge >= 0.3 is 11.9 Å². The van der Waals surface area contributed by atoms with Gasteiger partial charge in [0, 0.05) is 48.9 Å². The van der Waals surface area contributed by atoms with Gasteiger partial charge in [0.05, 0.1) is 6.33 Å².